The topological polar surface area (TPSA) is 224 Å². The van der Waals surface area contributed by atoms with Crippen LogP contribution < -0.4 is 0 Å². The highest BCUT2D eigenvalue weighted by atomic mass is 16.4. The van der Waals surface area contributed by atoms with Crippen molar-refractivity contribution < 1.29 is 58.2 Å². The number of amides is 8. The summed E-state index contributed by atoms with van der Waals surface area (Å²) in [7, 11) is 0. The van der Waals surface area contributed by atoms with Crippen molar-refractivity contribution in [2.45, 2.75) is 37.0 Å². The van der Waals surface area contributed by atoms with Gasteiger partial charge in [-0.25, -0.2) is 29.2 Å². The van der Waals surface area contributed by atoms with Crippen molar-refractivity contribution >= 4 is 59.2 Å². The van der Waals surface area contributed by atoms with E-state index >= 15 is 0 Å². The third kappa shape index (κ3) is 2.68. The van der Waals surface area contributed by atoms with Crippen molar-refractivity contribution in [1.82, 2.24) is 19.6 Å². The van der Waals surface area contributed by atoms with Gasteiger partial charge >= 0.3 is 11.9 Å². The molecule has 0 saturated carbocycles. The molecule has 4 rings (SSSR count). The van der Waals surface area contributed by atoms with Gasteiger partial charge < -0.3 is 10.2 Å². The normalized spacial score (nSPS) is 23.4. The van der Waals surface area contributed by atoms with Crippen LogP contribution in [0.5, 0.6) is 0 Å². The number of rotatable bonds is 7. The first-order valence-corrected chi connectivity index (χ1v) is 10.2. The van der Waals surface area contributed by atoms with Gasteiger partial charge in [0.1, 0.15) is 0 Å². The minimum atomic E-state index is -4.12. The van der Waals surface area contributed by atoms with Gasteiger partial charge in [0.15, 0.2) is 0 Å². The molecular weight excluding hydrogens is 488 g/mol. The highest BCUT2D eigenvalue weighted by Gasteiger charge is 2.82. The molecule has 16 nitrogen and oxygen atoms in total. The van der Waals surface area contributed by atoms with Crippen LogP contribution in [0, 0.1) is 0 Å². The Hall–Kier alpha value is -5.02. The number of aliphatic carboxylic acids is 2. The summed E-state index contributed by atoms with van der Waals surface area (Å²) >= 11 is 0. The van der Waals surface area contributed by atoms with Crippen LogP contribution in [-0.2, 0) is 47.9 Å². The van der Waals surface area contributed by atoms with Crippen LogP contribution in [-0.4, -0.2) is 100 Å². The average Bonchev–Trinajstić information content (AvgIpc) is 3.52. The predicted molar refractivity (Wildman–Crippen MR) is 105 cm³/mol. The van der Waals surface area contributed by atoms with Gasteiger partial charge in [0, 0.05) is 50.0 Å². The molecule has 2 atom stereocenters. The first-order chi connectivity index (χ1) is 16.8. The molecule has 2 unspecified atom stereocenters. The fourth-order valence-electron chi connectivity index (χ4n) is 4.82. The number of hydrogen-bond acceptors (Lipinski definition) is 10. The summed E-state index contributed by atoms with van der Waals surface area (Å²) in [6, 6.07) is 0. The number of hydrogen-bond donors (Lipinski definition) is 2. The lowest BCUT2D eigenvalue weighted by Gasteiger charge is -2.55. The molecule has 16 heteroatoms. The number of nitrogens with zero attached hydrogens (tertiary/aromatic N) is 4. The van der Waals surface area contributed by atoms with E-state index in [0.717, 1.165) is 0 Å². The SMILES string of the molecule is O=C1C=CC(=O)N1C(C(=O)O)(N1C(=O)CCC1=O)C(C(=O)O)(N1C(=O)C=CC1=O)N1C(=O)CCC1=O. The molecule has 186 valence electrons. The second-order valence-corrected chi connectivity index (χ2v) is 7.89. The number of carbonyl (C=O) groups is 10. The Morgan fingerprint density at radius 2 is 0.722 bits per heavy atom. The van der Waals surface area contributed by atoms with E-state index in [1.165, 1.54) is 0 Å². The Morgan fingerprint density at radius 3 is 0.917 bits per heavy atom. The van der Waals surface area contributed by atoms with Crippen LogP contribution in [0.15, 0.2) is 24.3 Å². The van der Waals surface area contributed by atoms with Crippen molar-refractivity contribution in [3.63, 3.8) is 0 Å². The molecule has 0 aromatic rings. The minimum Gasteiger partial charge on any atom is -0.478 e. The van der Waals surface area contributed by atoms with Crippen LogP contribution in [0.4, 0.5) is 0 Å². The molecule has 0 bridgehead atoms. The third-order valence-corrected chi connectivity index (χ3v) is 6.10. The predicted octanol–water partition coefficient (Wildman–Crippen LogP) is -3.30. The summed E-state index contributed by atoms with van der Waals surface area (Å²) in [5.74, 6) is -17.0. The van der Waals surface area contributed by atoms with Gasteiger partial charge in [0.25, 0.3) is 35.0 Å². The summed E-state index contributed by atoms with van der Waals surface area (Å²) in [6.07, 6.45) is -0.919. The fourth-order valence-corrected chi connectivity index (χ4v) is 4.82. The maximum absolute atomic E-state index is 13.2. The molecule has 4 heterocycles. The molecule has 0 radical (unpaired) electrons. The number of imide groups is 4. The highest BCUT2D eigenvalue weighted by Crippen LogP contribution is 2.47. The third-order valence-electron chi connectivity index (χ3n) is 6.10. The van der Waals surface area contributed by atoms with Gasteiger partial charge in [-0.2, -0.15) is 0 Å². The van der Waals surface area contributed by atoms with E-state index in [-0.39, 0.29) is 19.6 Å². The smallest absolute Gasteiger partial charge is 0.357 e. The number of likely N-dealkylation sites (tertiary alicyclic amines) is 2. The quantitative estimate of drug-likeness (QED) is 0.327. The Morgan fingerprint density at radius 1 is 0.500 bits per heavy atom. The molecule has 36 heavy (non-hydrogen) atoms. The number of carbonyl (C=O) groups excluding carboxylic acids is 8. The lowest BCUT2D eigenvalue weighted by atomic mass is 9.84. The molecule has 0 spiro atoms. The number of carboxylic acid groups (broad SMARTS) is 2. The zero-order chi connectivity index (χ0) is 26.7. The molecule has 4 aliphatic rings. The summed E-state index contributed by atoms with van der Waals surface area (Å²) in [4.78, 5) is 128. The molecule has 2 fully saturated rings. The van der Waals surface area contributed by atoms with E-state index in [0.29, 0.717) is 24.3 Å². The highest BCUT2D eigenvalue weighted by molar-refractivity contribution is 6.24. The molecule has 0 aromatic heterocycles. The lowest BCUT2D eigenvalue weighted by molar-refractivity contribution is -0.228. The molecule has 8 amide bonds. The summed E-state index contributed by atoms with van der Waals surface area (Å²) in [5, 5.41) is 21.1. The van der Waals surface area contributed by atoms with E-state index in [9.17, 15) is 58.2 Å². The second kappa shape index (κ2) is 7.76. The van der Waals surface area contributed by atoms with Crippen LogP contribution in [0.25, 0.3) is 0 Å². The maximum atomic E-state index is 13.2. The van der Waals surface area contributed by atoms with E-state index in [4.69, 9.17) is 0 Å². The standard InChI is InChI=1S/C20H14N4O12/c25-9-1-2-10(26)21(9)19(17(33)34,22-11(27)3-4-12(22)28)20(18(35)36,23-13(29)5-6-14(23)30)24-15(31)7-8-16(24)32/h1-2,5-6H,3-4,7-8H2,(H,33,34)(H,35,36). The van der Waals surface area contributed by atoms with E-state index in [1.54, 1.807) is 0 Å². The molecule has 2 saturated heterocycles. The largest absolute Gasteiger partial charge is 0.478 e. The van der Waals surface area contributed by atoms with Crippen molar-refractivity contribution in [3.8, 4) is 0 Å². The Bertz CT molecular complexity index is 1120. The molecule has 2 N–H and O–H groups in total. The van der Waals surface area contributed by atoms with Crippen molar-refractivity contribution in [3.05, 3.63) is 24.3 Å². The zero-order valence-corrected chi connectivity index (χ0v) is 17.9. The van der Waals surface area contributed by atoms with Gasteiger partial charge in [0.05, 0.1) is 0 Å². The monoisotopic (exact) mass is 502 g/mol. The number of carboxylic acids is 2. The van der Waals surface area contributed by atoms with Crippen LogP contribution in [0.2, 0.25) is 0 Å². The van der Waals surface area contributed by atoms with Gasteiger partial charge in [-0.3, -0.25) is 38.4 Å². The average molecular weight is 502 g/mol. The summed E-state index contributed by atoms with van der Waals surface area (Å²) in [6.45, 7) is 0. The minimum absolute atomic E-state index is 0.260. The van der Waals surface area contributed by atoms with E-state index < -0.39 is 96.2 Å². The maximum Gasteiger partial charge on any atom is 0.357 e. The second-order valence-electron chi connectivity index (χ2n) is 7.89. The molecular formula is C20H14N4O12. The van der Waals surface area contributed by atoms with Crippen molar-refractivity contribution in [2.75, 3.05) is 0 Å². The first kappa shape index (κ1) is 24.1. The van der Waals surface area contributed by atoms with E-state index in [2.05, 4.69) is 0 Å². The van der Waals surface area contributed by atoms with Crippen molar-refractivity contribution in [1.29, 1.82) is 0 Å². The fraction of sp³-hybridized carbons (Fsp3) is 0.300. The molecule has 0 aromatic carbocycles. The zero-order valence-electron chi connectivity index (χ0n) is 17.9. The lowest BCUT2D eigenvalue weighted by Crippen LogP contribution is -2.90. The Kier molecular flexibility index (Phi) is 5.19. The van der Waals surface area contributed by atoms with Crippen LogP contribution >= 0.6 is 0 Å². The molecule has 0 aliphatic carbocycles. The van der Waals surface area contributed by atoms with Crippen molar-refractivity contribution in [2.24, 2.45) is 0 Å². The van der Waals surface area contributed by atoms with Crippen LogP contribution in [0.3, 0.4) is 0 Å². The van der Waals surface area contributed by atoms with Gasteiger partial charge in [-0.15, -0.1) is 0 Å². The van der Waals surface area contributed by atoms with Gasteiger partial charge in [0.2, 0.25) is 23.6 Å². The first-order valence-electron chi connectivity index (χ1n) is 10.2. The van der Waals surface area contributed by atoms with Gasteiger partial charge in [-0.05, 0) is 0 Å². The Labute approximate surface area is 199 Å². The van der Waals surface area contributed by atoms with Gasteiger partial charge in [-0.1, -0.05) is 0 Å². The Balaban J connectivity index is 2.27. The molecule has 4 aliphatic heterocycles. The van der Waals surface area contributed by atoms with Crippen LogP contribution in [0.1, 0.15) is 25.7 Å². The summed E-state index contributed by atoms with van der Waals surface area (Å²) in [5.41, 5.74) is -8.23. The summed E-state index contributed by atoms with van der Waals surface area (Å²) < 4.78 is 0. The van der Waals surface area contributed by atoms with E-state index in [1.807, 2.05) is 0 Å².